The molecule has 0 atom stereocenters. The monoisotopic (exact) mass is 214 g/mol. The van der Waals surface area contributed by atoms with Gasteiger partial charge >= 0.3 is 0 Å². The van der Waals surface area contributed by atoms with Gasteiger partial charge in [-0.2, -0.15) is 0 Å². The predicted molar refractivity (Wildman–Crippen MR) is 62.9 cm³/mol. The summed E-state index contributed by atoms with van der Waals surface area (Å²) in [5.74, 6) is 0.744. The number of aliphatic hydroxyl groups excluding tert-OH is 1. The number of rotatable bonds is 4. The van der Waals surface area contributed by atoms with Gasteiger partial charge in [0.25, 0.3) is 0 Å². The fourth-order valence-corrected chi connectivity index (χ4v) is 1.50. The Kier molecular flexibility index (Phi) is 3.62. The number of aromatic nitrogens is 2. The molecule has 0 unspecified atom stereocenters. The lowest BCUT2D eigenvalue weighted by molar-refractivity contribution is 0.288. The smallest absolute Gasteiger partial charge is 0.159 e. The molecule has 0 amide bonds. The lowest BCUT2D eigenvalue weighted by Crippen LogP contribution is -1.94. The normalized spacial score (nSPS) is 10.3. The molecule has 0 radical (unpaired) electrons. The molecule has 1 heterocycles. The molecule has 0 aliphatic rings. The highest BCUT2D eigenvalue weighted by atomic mass is 16.2. The number of hydrogen-bond donors (Lipinski definition) is 1. The van der Waals surface area contributed by atoms with E-state index in [-0.39, 0.29) is 6.61 Å². The van der Waals surface area contributed by atoms with E-state index in [1.54, 1.807) is 0 Å². The average Bonchev–Trinajstić information content (AvgIpc) is 2.38. The Morgan fingerprint density at radius 2 is 1.69 bits per heavy atom. The van der Waals surface area contributed by atoms with Crippen molar-refractivity contribution in [2.24, 2.45) is 0 Å². The molecule has 0 aliphatic heterocycles. The van der Waals surface area contributed by atoms with Gasteiger partial charge in [-0.05, 0) is 18.4 Å². The maximum atomic E-state index is 8.72. The first-order valence-electron chi connectivity index (χ1n) is 5.37. The molecule has 82 valence electrons. The van der Waals surface area contributed by atoms with Gasteiger partial charge in [0.1, 0.15) is 0 Å². The molecule has 0 saturated carbocycles. The Balaban J connectivity index is 2.13. The van der Waals surface area contributed by atoms with Crippen LogP contribution in [0.2, 0.25) is 0 Å². The van der Waals surface area contributed by atoms with Crippen molar-refractivity contribution in [2.75, 3.05) is 6.61 Å². The van der Waals surface area contributed by atoms with Crippen molar-refractivity contribution in [1.82, 2.24) is 9.97 Å². The number of aryl methyl sites for hydroxylation is 1. The predicted octanol–water partition coefficient (Wildman–Crippen LogP) is 2.07. The third-order valence-electron chi connectivity index (χ3n) is 2.36. The molecule has 2 aromatic rings. The molecule has 1 aromatic carbocycles. The minimum atomic E-state index is 0.209. The maximum absolute atomic E-state index is 8.72. The van der Waals surface area contributed by atoms with Gasteiger partial charge < -0.3 is 5.11 Å². The van der Waals surface area contributed by atoms with Gasteiger partial charge in [-0.25, -0.2) is 9.97 Å². The van der Waals surface area contributed by atoms with E-state index in [2.05, 4.69) is 9.97 Å². The molecule has 0 fully saturated rings. The summed E-state index contributed by atoms with van der Waals surface area (Å²) < 4.78 is 0. The van der Waals surface area contributed by atoms with Crippen LogP contribution in [0.3, 0.4) is 0 Å². The minimum Gasteiger partial charge on any atom is -0.396 e. The van der Waals surface area contributed by atoms with Crippen molar-refractivity contribution in [2.45, 2.75) is 12.8 Å². The summed E-state index contributed by atoms with van der Waals surface area (Å²) in [4.78, 5) is 8.62. The molecule has 1 aromatic heterocycles. The Morgan fingerprint density at radius 1 is 1.00 bits per heavy atom. The SMILES string of the molecule is OCCCc1cnc(-c2ccccc2)nc1. The highest BCUT2D eigenvalue weighted by molar-refractivity contribution is 5.53. The van der Waals surface area contributed by atoms with Crippen LogP contribution in [0.5, 0.6) is 0 Å². The first-order valence-corrected chi connectivity index (χ1v) is 5.37. The third-order valence-corrected chi connectivity index (χ3v) is 2.36. The van der Waals surface area contributed by atoms with Gasteiger partial charge in [0.05, 0.1) is 0 Å². The van der Waals surface area contributed by atoms with Crippen molar-refractivity contribution in [3.05, 3.63) is 48.3 Å². The second-order valence-electron chi connectivity index (χ2n) is 3.61. The summed E-state index contributed by atoms with van der Waals surface area (Å²) in [6.07, 6.45) is 5.23. The molecule has 0 saturated heterocycles. The van der Waals surface area contributed by atoms with Crippen LogP contribution in [0.15, 0.2) is 42.7 Å². The average molecular weight is 214 g/mol. The standard InChI is InChI=1S/C13H14N2O/c16-8-4-5-11-9-14-13(15-10-11)12-6-2-1-3-7-12/h1-3,6-7,9-10,16H,4-5,8H2. The number of nitrogens with zero attached hydrogens (tertiary/aromatic N) is 2. The lowest BCUT2D eigenvalue weighted by Gasteiger charge is -2.01. The van der Waals surface area contributed by atoms with Gasteiger partial charge in [-0.1, -0.05) is 30.3 Å². The number of hydrogen-bond acceptors (Lipinski definition) is 3. The summed E-state index contributed by atoms with van der Waals surface area (Å²) in [7, 11) is 0. The van der Waals surface area contributed by atoms with Crippen LogP contribution in [0, 0.1) is 0 Å². The Bertz CT molecular complexity index is 425. The maximum Gasteiger partial charge on any atom is 0.159 e. The van der Waals surface area contributed by atoms with Gasteiger partial charge in [0.15, 0.2) is 5.82 Å². The van der Waals surface area contributed by atoms with Crippen LogP contribution >= 0.6 is 0 Å². The van der Waals surface area contributed by atoms with E-state index in [1.165, 1.54) is 0 Å². The molecule has 3 nitrogen and oxygen atoms in total. The summed E-state index contributed by atoms with van der Waals surface area (Å²) in [6.45, 7) is 0.209. The van der Waals surface area contributed by atoms with Crippen LogP contribution in [0.1, 0.15) is 12.0 Å². The van der Waals surface area contributed by atoms with E-state index in [0.717, 1.165) is 29.8 Å². The highest BCUT2D eigenvalue weighted by Gasteiger charge is 2.00. The highest BCUT2D eigenvalue weighted by Crippen LogP contribution is 2.13. The van der Waals surface area contributed by atoms with E-state index in [4.69, 9.17) is 5.11 Å². The van der Waals surface area contributed by atoms with Crippen LogP contribution in [0.4, 0.5) is 0 Å². The van der Waals surface area contributed by atoms with Crippen molar-refractivity contribution in [3.8, 4) is 11.4 Å². The molecule has 3 heteroatoms. The molecule has 1 N–H and O–H groups in total. The van der Waals surface area contributed by atoms with E-state index in [9.17, 15) is 0 Å². The topological polar surface area (TPSA) is 46.0 Å². The fraction of sp³-hybridized carbons (Fsp3) is 0.231. The molecule has 2 rings (SSSR count). The zero-order chi connectivity index (χ0) is 11.2. The van der Waals surface area contributed by atoms with Gasteiger partial charge in [0, 0.05) is 24.6 Å². The summed E-state index contributed by atoms with van der Waals surface area (Å²) in [6, 6.07) is 9.89. The number of benzene rings is 1. The second kappa shape index (κ2) is 5.37. The van der Waals surface area contributed by atoms with Crippen LogP contribution in [-0.2, 0) is 6.42 Å². The molecule has 0 aliphatic carbocycles. The van der Waals surface area contributed by atoms with Gasteiger partial charge in [-0.3, -0.25) is 0 Å². The second-order valence-corrected chi connectivity index (χ2v) is 3.61. The first-order chi connectivity index (χ1) is 7.90. The van der Waals surface area contributed by atoms with E-state index >= 15 is 0 Å². The Hall–Kier alpha value is -1.74. The summed E-state index contributed by atoms with van der Waals surface area (Å²) >= 11 is 0. The third kappa shape index (κ3) is 2.64. The largest absolute Gasteiger partial charge is 0.396 e. The zero-order valence-electron chi connectivity index (χ0n) is 9.00. The quantitative estimate of drug-likeness (QED) is 0.847. The lowest BCUT2D eigenvalue weighted by atomic mass is 10.2. The van der Waals surface area contributed by atoms with Crippen molar-refractivity contribution in [1.29, 1.82) is 0 Å². The molecule has 16 heavy (non-hydrogen) atoms. The van der Waals surface area contributed by atoms with Crippen molar-refractivity contribution >= 4 is 0 Å². The Labute approximate surface area is 94.8 Å². The minimum absolute atomic E-state index is 0.209. The fourth-order valence-electron chi connectivity index (χ4n) is 1.50. The zero-order valence-corrected chi connectivity index (χ0v) is 9.00. The van der Waals surface area contributed by atoms with Gasteiger partial charge in [0.2, 0.25) is 0 Å². The van der Waals surface area contributed by atoms with Crippen molar-refractivity contribution < 1.29 is 5.11 Å². The number of aliphatic hydroxyl groups is 1. The molecular formula is C13H14N2O. The Morgan fingerprint density at radius 3 is 2.31 bits per heavy atom. The summed E-state index contributed by atoms with van der Waals surface area (Å²) in [5.41, 5.74) is 2.09. The molecule has 0 spiro atoms. The van der Waals surface area contributed by atoms with Crippen LogP contribution < -0.4 is 0 Å². The first kappa shape index (κ1) is 10.8. The van der Waals surface area contributed by atoms with Crippen LogP contribution in [0.25, 0.3) is 11.4 Å². The van der Waals surface area contributed by atoms with E-state index < -0.39 is 0 Å². The van der Waals surface area contributed by atoms with Crippen molar-refractivity contribution in [3.63, 3.8) is 0 Å². The van der Waals surface area contributed by atoms with Crippen LogP contribution in [-0.4, -0.2) is 21.7 Å². The van der Waals surface area contributed by atoms with E-state index in [0.29, 0.717) is 0 Å². The summed E-state index contributed by atoms with van der Waals surface area (Å²) in [5, 5.41) is 8.72. The molecule has 0 bridgehead atoms. The van der Waals surface area contributed by atoms with Gasteiger partial charge in [-0.15, -0.1) is 0 Å². The molecular weight excluding hydrogens is 200 g/mol. The van der Waals surface area contributed by atoms with E-state index in [1.807, 2.05) is 42.7 Å².